The van der Waals surface area contributed by atoms with E-state index in [0.717, 1.165) is 23.7 Å². The maximum Gasteiger partial charge on any atom is 0.335 e. The van der Waals surface area contributed by atoms with Gasteiger partial charge < -0.3 is 14.4 Å². The van der Waals surface area contributed by atoms with Gasteiger partial charge in [-0.05, 0) is 61.4 Å². The highest BCUT2D eigenvalue weighted by Gasteiger charge is 2.23. The average molecular weight is 416 g/mol. The van der Waals surface area contributed by atoms with Gasteiger partial charge in [0.2, 0.25) is 0 Å². The van der Waals surface area contributed by atoms with Crippen LogP contribution < -0.4 is 5.32 Å². The Morgan fingerprint density at radius 3 is 2.03 bits per heavy atom. The largest absolute Gasteiger partial charge is 0.381 e. The molecule has 1 aliphatic carbocycles. The van der Waals surface area contributed by atoms with Crippen molar-refractivity contribution >= 4 is 13.3 Å². The number of benzene rings is 2. The molecule has 1 saturated carbocycles. The van der Waals surface area contributed by atoms with Crippen molar-refractivity contribution in [2.24, 2.45) is 0 Å². The van der Waals surface area contributed by atoms with Crippen LogP contribution in [0, 0.1) is 0 Å². The molecule has 0 heterocycles. The fraction of sp³-hybridized carbons (Fsp3) is 0.500. The minimum absolute atomic E-state index is 0.303. The summed E-state index contributed by atoms with van der Waals surface area (Å²) in [4.78, 5) is 0. The first-order valence-corrected chi connectivity index (χ1v) is 12.6. The number of nitrogens with one attached hydrogen (secondary N) is 1. The smallest absolute Gasteiger partial charge is 0.335 e. The molecule has 0 saturated heterocycles. The van der Waals surface area contributed by atoms with Crippen molar-refractivity contribution in [1.82, 2.24) is 0 Å². The zero-order chi connectivity index (χ0) is 20.5. The monoisotopic (exact) mass is 415 g/mol. The number of hydrogen-bond acceptors (Lipinski definition) is 4. The molecule has 5 heteroatoms. The summed E-state index contributed by atoms with van der Waals surface area (Å²) in [5.74, 6) is 0.752. The Morgan fingerprint density at radius 2 is 1.45 bits per heavy atom. The highest BCUT2D eigenvalue weighted by atomic mass is 31.2. The molecule has 3 rings (SSSR count). The molecule has 0 amide bonds. The predicted molar refractivity (Wildman–Crippen MR) is 121 cm³/mol. The van der Waals surface area contributed by atoms with Crippen LogP contribution in [0.15, 0.2) is 48.5 Å². The van der Waals surface area contributed by atoms with Gasteiger partial charge in [0, 0.05) is 12.2 Å². The molecule has 4 nitrogen and oxygen atoms in total. The highest BCUT2D eigenvalue weighted by molar-refractivity contribution is 7.53. The Labute approximate surface area is 175 Å². The van der Waals surface area contributed by atoms with Gasteiger partial charge in [-0.1, -0.05) is 55.7 Å². The Bertz CT molecular complexity index is 773. The van der Waals surface area contributed by atoms with Crippen LogP contribution in [-0.2, 0) is 26.3 Å². The molecular weight excluding hydrogens is 381 g/mol. The lowest BCUT2D eigenvalue weighted by molar-refractivity contribution is 0.219. The van der Waals surface area contributed by atoms with Crippen LogP contribution >= 0.6 is 7.60 Å². The van der Waals surface area contributed by atoms with Gasteiger partial charge in [-0.2, -0.15) is 0 Å². The van der Waals surface area contributed by atoms with E-state index in [1.807, 2.05) is 38.1 Å². The number of hydrogen-bond donors (Lipinski definition) is 1. The maximum absolute atomic E-state index is 12.7. The molecule has 1 aliphatic rings. The van der Waals surface area contributed by atoms with Gasteiger partial charge in [0.15, 0.2) is 0 Å². The van der Waals surface area contributed by atoms with Gasteiger partial charge in [0.05, 0.1) is 19.4 Å². The van der Waals surface area contributed by atoms with E-state index >= 15 is 0 Å². The molecule has 1 N–H and O–H groups in total. The molecule has 0 aliphatic heterocycles. The van der Waals surface area contributed by atoms with E-state index in [1.165, 1.54) is 43.2 Å². The number of rotatable bonds is 10. The summed E-state index contributed by atoms with van der Waals surface area (Å²) < 4.78 is 23.4. The number of anilines is 1. The topological polar surface area (TPSA) is 47.6 Å². The molecule has 1 fully saturated rings. The Balaban J connectivity index is 1.52. The SMILES string of the molecule is CCOP(=O)(Cc1ccc(NCc2ccc(C3CCCCC3)cc2)cc1)OCC. The van der Waals surface area contributed by atoms with Gasteiger partial charge in [0.1, 0.15) is 0 Å². The van der Waals surface area contributed by atoms with E-state index in [9.17, 15) is 4.57 Å². The molecule has 29 heavy (non-hydrogen) atoms. The average Bonchev–Trinajstić information content (AvgIpc) is 2.74. The minimum Gasteiger partial charge on any atom is -0.381 e. The van der Waals surface area contributed by atoms with Crippen molar-refractivity contribution in [3.63, 3.8) is 0 Å². The highest BCUT2D eigenvalue weighted by Crippen LogP contribution is 2.51. The molecule has 158 valence electrons. The lowest BCUT2D eigenvalue weighted by Crippen LogP contribution is -2.05. The molecule has 0 unspecified atom stereocenters. The Morgan fingerprint density at radius 1 is 0.862 bits per heavy atom. The van der Waals surface area contributed by atoms with E-state index in [4.69, 9.17) is 9.05 Å². The fourth-order valence-corrected chi connectivity index (χ4v) is 5.72. The molecule has 2 aromatic carbocycles. The lowest BCUT2D eigenvalue weighted by atomic mass is 9.84. The molecule has 2 aromatic rings. The van der Waals surface area contributed by atoms with Gasteiger partial charge in [-0.25, -0.2) is 0 Å². The second-order valence-corrected chi connectivity index (χ2v) is 9.79. The predicted octanol–water partition coefficient (Wildman–Crippen LogP) is 7.11. The van der Waals surface area contributed by atoms with Crippen LogP contribution in [0.1, 0.15) is 68.6 Å². The van der Waals surface area contributed by atoms with E-state index in [2.05, 4.69) is 29.6 Å². The van der Waals surface area contributed by atoms with E-state index < -0.39 is 7.60 Å². The third kappa shape index (κ3) is 6.70. The van der Waals surface area contributed by atoms with E-state index in [-0.39, 0.29) is 0 Å². The van der Waals surface area contributed by atoms with Crippen LogP contribution in [0.3, 0.4) is 0 Å². The van der Waals surface area contributed by atoms with Crippen LogP contribution in [0.4, 0.5) is 5.69 Å². The van der Waals surface area contributed by atoms with Crippen molar-refractivity contribution in [1.29, 1.82) is 0 Å². The Kier molecular flexibility index (Phi) is 8.35. The summed E-state index contributed by atoms with van der Waals surface area (Å²) >= 11 is 0. The second kappa shape index (κ2) is 11.0. The third-order valence-electron chi connectivity index (χ3n) is 5.53. The van der Waals surface area contributed by atoms with Gasteiger partial charge in [0.25, 0.3) is 0 Å². The normalized spacial score (nSPS) is 15.4. The minimum atomic E-state index is -3.06. The molecule has 0 atom stereocenters. The van der Waals surface area contributed by atoms with Gasteiger partial charge >= 0.3 is 7.60 Å². The molecular formula is C24H34NO3P. The Hall–Kier alpha value is -1.61. The summed E-state index contributed by atoms with van der Waals surface area (Å²) in [6.45, 7) is 5.23. The maximum atomic E-state index is 12.7. The van der Waals surface area contributed by atoms with Crippen molar-refractivity contribution in [3.05, 3.63) is 65.2 Å². The molecule has 0 radical (unpaired) electrons. The summed E-state index contributed by atoms with van der Waals surface area (Å²) in [6.07, 6.45) is 7.11. The van der Waals surface area contributed by atoms with Crippen molar-refractivity contribution < 1.29 is 13.6 Å². The molecule has 0 spiro atoms. The zero-order valence-electron chi connectivity index (χ0n) is 17.7. The van der Waals surface area contributed by atoms with Crippen LogP contribution in [0.5, 0.6) is 0 Å². The van der Waals surface area contributed by atoms with Crippen molar-refractivity contribution in [2.45, 2.75) is 64.6 Å². The summed E-state index contributed by atoms with van der Waals surface area (Å²) in [6, 6.07) is 17.1. The fourth-order valence-electron chi connectivity index (χ4n) is 4.02. The van der Waals surface area contributed by atoms with Gasteiger partial charge in [-0.3, -0.25) is 4.57 Å². The molecule has 0 aromatic heterocycles. The van der Waals surface area contributed by atoms with Crippen LogP contribution in [0.25, 0.3) is 0 Å². The summed E-state index contributed by atoms with van der Waals surface area (Å²) in [5.41, 5.74) is 4.78. The van der Waals surface area contributed by atoms with Gasteiger partial charge in [-0.15, -0.1) is 0 Å². The first-order chi connectivity index (χ1) is 14.1. The zero-order valence-corrected chi connectivity index (χ0v) is 18.6. The van der Waals surface area contributed by atoms with Crippen LogP contribution in [0.2, 0.25) is 0 Å². The summed E-state index contributed by atoms with van der Waals surface area (Å²) in [7, 11) is -3.06. The first-order valence-electron chi connectivity index (χ1n) is 10.9. The quantitative estimate of drug-likeness (QED) is 0.420. The second-order valence-electron chi connectivity index (χ2n) is 7.73. The van der Waals surface area contributed by atoms with E-state index in [0.29, 0.717) is 19.4 Å². The lowest BCUT2D eigenvalue weighted by Gasteiger charge is -2.22. The first kappa shape index (κ1) is 22.1. The molecule has 0 bridgehead atoms. The summed E-state index contributed by atoms with van der Waals surface area (Å²) in [5, 5.41) is 3.47. The van der Waals surface area contributed by atoms with Crippen molar-refractivity contribution in [3.8, 4) is 0 Å². The van der Waals surface area contributed by atoms with Crippen molar-refractivity contribution in [2.75, 3.05) is 18.5 Å². The third-order valence-corrected chi connectivity index (χ3v) is 7.59. The van der Waals surface area contributed by atoms with E-state index in [1.54, 1.807) is 0 Å². The standard InChI is InChI=1S/C24H34NO3P/c1-3-27-29(26,28-4-2)19-21-12-16-24(17-13-21)25-18-20-10-14-23(15-11-20)22-8-6-5-7-9-22/h10-17,22,25H,3-9,18-19H2,1-2H3. The van der Waals surface area contributed by atoms with Crippen LogP contribution in [-0.4, -0.2) is 13.2 Å².